The standard InChI is InChI=1S/C19H18N2O4S/c1-20-8-10-21(11-9-20)19(23)13-6-7-15-17(12-13)26(24,25)16-5-3-2-4-14(16)18(15)22/h2-7,12H,8-11H2,1H3. The summed E-state index contributed by atoms with van der Waals surface area (Å²) in [5.74, 6) is -0.536. The summed E-state index contributed by atoms with van der Waals surface area (Å²) in [6.07, 6.45) is 0. The predicted molar refractivity (Wildman–Crippen MR) is 95.2 cm³/mol. The van der Waals surface area contributed by atoms with Gasteiger partial charge in [0, 0.05) is 42.9 Å². The summed E-state index contributed by atoms with van der Waals surface area (Å²) in [5, 5.41) is 0. The van der Waals surface area contributed by atoms with Crippen molar-refractivity contribution >= 4 is 21.5 Å². The van der Waals surface area contributed by atoms with Crippen LogP contribution in [0.2, 0.25) is 0 Å². The number of hydrogen-bond donors (Lipinski definition) is 0. The normalized spacial score (nSPS) is 19.0. The molecule has 0 unspecified atom stereocenters. The molecule has 1 fully saturated rings. The highest BCUT2D eigenvalue weighted by Crippen LogP contribution is 2.34. The fourth-order valence-electron chi connectivity index (χ4n) is 3.41. The van der Waals surface area contributed by atoms with Crippen molar-refractivity contribution in [3.63, 3.8) is 0 Å². The van der Waals surface area contributed by atoms with E-state index in [0.717, 1.165) is 13.1 Å². The number of benzene rings is 2. The van der Waals surface area contributed by atoms with Crippen molar-refractivity contribution in [2.75, 3.05) is 33.2 Å². The zero-order valence-corrected chi connectivity index (χ0v) is 15.1. The Morgan fingerprint density at radius 2 is 1.58 bits per heavy atom. The molecule has 2 aliphatic rings. The van der Waals surface area contributed by atoms with Gasteiger partial charge in [-0.3, -0.25) is 9.59 Å². The Kier molecular flexibility index (Phi) is 3.93. The van der Waals surface area contributed by atoms with Gasteiger partial charge in [0.2, 0.25) is 9.84 Å². The largest absolute Gasteiger partial charge is 0.336 e. The van der Waals surface area contributed by atoms with E-state index in [0.29, 0.717) is 18.7 Å². The Bertz CT molecular complexity index is 1020. The summed E-state index contributed by atoms with van der Waals surface area (Å²) in [6, 6.07) is 10.5. The van der Waals surface area contributed by atoms with E-state index < -0.39 is 9.84 Å². The van der Waals surface area contributed by atoms with Gasteiger partial charge in [0.25, 0.3) is 5.91 Å². The molecule has 4 rings (SSSR count). The molecule has 1 saturated heterocycles. The summed E-state index contributed by atoms with van der Waals surface area (Å²) in [5.41, 5.74) is 0.598. The molecule has 0 saturated carbocycles. The monoisotopic (exact) mass is 370 g/mol. The summed E-state index contributed by atoms with van der Waals surface area (Å²) >= 11 is 0. The molecule has 2 aliphatic heterocycles. The number of rotatable bonds is 1. The molecular formula is C19H18N2O4S. The van der Waals surface area contributed by atoms with E-state index in [2.05, 4.69) is 4.90 Å². The van der Waals surface area contributed by atoms with Gasteiger partial charge in [0.15, 0.2) is 5.78 Å². The van der Waals surface area contributed by atoms with E-state index in [4.69, 9.17) is 0 Å². The van der Waals surface area contributed by atoms with E-state index in [1.807, 2.05) is 7.05 Å². The second-order valence-electron chi connectivity index (χ2n) is 6.64. The Labute approximate surface area is 151 Å². The minimum Gasteiger partial charge on any atom is -0.336 e. The summed E-state index contributed by atoms with van der Waals surface area (Å²) in [6.45, 7) is 2.75. The fourth-order valence-corrected chi connectivity index (χ4v) is 5.09. The van der Waals surface area contributed by atoms with Crippen LogP contribution in [0.1, 0.15) is 26.3 Å². The Hall–Kier alpha value is -2.51. The first-order chi connectivity index (χ1) is 12.4. The van der Waals surface area contributed by atoms with Gasteiger partial charge in [-0.1, -0.05) is 12.1 Å². The molecule has 6 nitrogen and oxygen atoms in total. The van der Waals surface area contributed by atoms with Crippen LogP contribution in [0.3, 0.4) is 0 Å². The Morgan fingerprint density at radius 1 is 0.923 bits per heavy atom. The van der Waals surface area contributed by atoms with Crippen molar-refractivity contribution in [2.24, 2.45) is 0 Å². The van der Waals surface area contributed by atoms with Gasteiger partial charge in [0.1, 0.15) is 0 Å². The lowest BCUT2D eigenvalue weighted by molar-refractivity contribution is 0.0663. The Morgan fingerprint density at radius 3 is 2.31 bits per heavy atom. The minimum atomic E-state index is -3.83. The fraction of sp³-hybridized carbons (Fsp3) is 0.263. The van der Waals surface area contributed by atoms with Gasteiger partial charge in [-0.25, -0.2) is 8.42 Å². The van der Waals surface area contributed by atoms with Crippen molar-refractivity contribution < 1.29 is 18.0 Å². The molecule has 2 heterocycles. The van der Waals surface area contributed by atoms with Gasteiger partial charge in [-0.05, 0) is 37.4 Å². The molecule has 2 aromatic carbocycles. The molecule has 26 heavy (non-hydrogen) atoms. The average Bonchev–Trinajstić information content (AvgIpc) is 2.66. The van der Waals surface area contributed by atoms with E-state index in [1.165, 1.54) is 24.3 Å². The summed E-state index contributed by atoms with van der Waals surface area (Å²) in [4.78, 5) is 29.2. The molecule has 0 N–H and O–H groups in total. The SMILES string of the molecule is CN1CCN(C(=O)c2ccc3c(c2)S(=O)(=O)c2ccccc2C3=O)CC1. The van der Waals surface area contributed by atoms with Crippen LogP contribution in [0.4, 0.5) is 0 Å². The number of carbonyl (C=O) groups is 2. The molecule has 0 atom stereocenters. The highest BCUT2D eigenvalue weighted by Gasteiger charge is 2.35. The van der Waals surface area contributed by atoms with Gasteiger partial charge >= 0.3 is 0 Å². The molecule has 0 aliphatic carbocycles. The van der Waals surface area contributed by atoms with E-state index in [1.54, 1.807) is 23.1 Å². The highest BCUT2D eigenvalue weighted by molar-refractivity contribution is 7.91. The van der Waals surface area contributed by atoms with Gasteiger partial charge in [0.05, 0.1) is 9.79 Å². The molecular weight excluding hydrogens is 352 g/mol. The zero-order chi connectivity index (χ0) is 18.5. The molecule has 7 heteroatoms. The molecule has 0 aromatic heterocycles. The van der Waals surface area contributed by atoms with Crippen LogP contribution in [0.5, 0.6) is 0 Å². The number of hydrogen-bond acceptors (Lipinski definition) is 5. The van der Waals surface area contributed by atoms with Gasteiger partial charge in [-0.15, -0.1) is 0 Å². The summed E-state index contributed by atoms with van der Waals surface area (Å²) < 4.78 is 25.9. The second-order valence-corrected chi connectivity index (χ2v) is 8.52. The average molecular weight is 370 g/mol. The molecule has 0 bridgehead atoms. The quantitative estimate of drug-likeness (QED) is 0.648. The highest BCUT2D eigenvalue weighted by atomic mass is 32.2. The lowest BCUT2D eigenvalue weighted by Crippen LogP contribution is -2.47. The first-order valence-electron chi connectivity index (χ1n) is 8.40. The van der Waals surface area contributed by atoms with Crippen molar-refractivity contribution in [2.45, 2.75) is 9.79 Å². The van der Waals surface area contributed by atoms with Crippen molar-refractivity contribution in [1.82, 2.24) is 9.80 Å². The number of amides is 1. The van der Waals surface area contributed by atoms with E-state index in [9.17, 15) is 18.0 Å². The van der Waals surface area contributed by atoms with E-state index >= 15 is 0 Å². The number of carbonyl (C=O) groups excluding carboxylic acids is 2. The first kappa shape index (κ1) is 16.9. The number of sulfone groups is 1. The lowest BCUT2D eigenvalue weighted by atomic mass is 10.0. The third kappa shape index (κ3) is 2.55. The number of likely N-dealkylation sites (N-methyl/N-ethyl adjacent to an activating group) is 1. The predicted octanol–water partition coefficient (Wildman–Crippen LogP) is 1.45. The molecule has 2 aromatic rings. The van der Waals surface area contributed by atoms with Crippen LogP contribution in [0.25, 0.3) is 0 Å². The van der Waals surface area contributed by atoms with Crippen molar-refractivity contribution in [3.05, 3.63) is 59.2 Å². The van der Waals surface area contributed by atoms with Crippen LogP contribution in [0, 0.1) is 0 Å². The van der Waals surface area contributed by atoms with E-state index in [-0.39, 0.29) is 32.6 Å². The van der Waals surface area contributed by atoms with Crippen LogP contribution >= 0.6 is 0 Å². The maximum atomic E-state index is 13.0. The second kappa shape index (κ2) is 6.03. The van der Waals surface area contributed by atoms with Crippen molar-refractivity contribution in [1.29, 1.82) is 0 Å². The molecule has 0 radical (unpaired) electrons. The first-order valence-corrected chi connectivity index (χ1v) is 9.88. The van der Waals surface area contributed by atoms with Crippen LogP contribution in [-0.4, -0.2) is 63.1 Å². The van der Waals surface area contributed by atoms with Crippen LogP contribution in [-0.2, 0) is 9.84 Å². The summed E-state index contributed by atoms with van der Waals surface area (Å²) in [7, 11) is -1.83. The Balaban J connectivity index is 1.76. The third-order valence-corrected chi connectivity index (χ3v) is 6.83. The minimum absolute atomic E-state index is 0.00157. The maximum absolute atomic E-state index is 13.0. The molecule has 0 spiro atoms. The smallest absolute Gasteiger partial charge is 0.253 e. The lowest BCUT2D eigenvalue weighted by Gasteiger charge is -2.32. The van der Waals surface area contributed by atoms with Crippen LogP contribution in [0.15, 0.2) is 52.3 Å². The van der Waals surface area contributed by atoms with Crippen molar-refractivity contribution in [3.8, 4) is 0 Å². The van der Waals surface area contributed by atoms with Crippen LogP contribution < -0.4 is 0 Å². The number of nitrogens with zero attached hydrogens (tertiary/aromatic N) is 2. The number of fused-ring (bicyclic) bond motifs is 2. The van der Waals surface area contributed by atoms with Gasteiger partial charge in [-0.2, -0.15) is 0 Å². The number of piperazine rings is 1. The molecule has 134 valence electrons. The zero-order valence-electron chi connectivity index (χ0n) is 14.3. The third-order valence-electron chi connectivity index (χ3n) is 4.97. The van der Waals surface area contributed by atoms with Gasteiger partial charge < -0.3 is 9.80 Å². The topological polar surface area (TPSA) is 74.8 Å². The number of ketones is 1. The molecule has 1 amide bonds. The maximum Gasteiger partial charge on any atom is 0.253 e.